The quantitative estimate of drug-likeness (QED) is 0.245. The predicted molar refractivity (Wildman–Crippen MR) is 143 cm³/mol. The molecule has 0 aliphatic carbocycles. The first-order valence-electron chi connectivity index (χ1n) is 11.3. The maximum atomic E-state index is 11.8. The van der Waals surface area contributed by atoms with Crippen LogP contribution in [0.15, 0.2) is 41.4 Å². The maximum Gasteiger partial charge on any atom is 0.251 e. The Morgan fingerprint density at radius 3 is 2.76 bits per heavy atom. The van der Waals surface area contributed by atoms with Crippen LogP contribution in [0.1, 0.15) is 47.8 Å². The third-order valence-corrected chi connectivity index (χ3v) is 5.25. The van der Waals surface area contributed by atoms with E-state index >= 15 is 0 Å². The van der Waals surface area contributed by atoms with Crippen LogP contribution in [0.4, 0.5) is 0 Å². The summed E-state index contributed by atoms with van der Waals surface area (Å²) >= 11 is 0. The lowest BCUT2D eigenvalue weighted by Crippen LogP contribution is -2.38. The summed E-state index contributed by atoms with van der Waals surface area (Å²) in [5, 5.41) is 9.33. The van der Waals surface area contributed by atoms with Gasteiger partial charge in [0.2, 0.25) is 0 Å². The van der Waals surface area contributed by atoms with Crippen molar-refractivity contribution in [1.29, 1.82) is 0 Å². The molecule has 1 aliphatic rings. The third kappa shape index (κ3) is 7.52. The van der Waals surface area contributed by atoms with Crippen molar-refractivity contribution in [3.8, 4) is 11.5 Å². The summed E-state index contributed by atoms with van der Waals surface area (Å²) in [5.41, 5.74) is 3.97. The van der Waals surface area contributed by atoms with Crippen LogP contribution in [0.25, 0.3) is 0 Å². The fraction of sp³-hybridized carbons (Fsp3) is 0.440. The molecule has 2 aromatic rings. The SMILES string of the molecule is CCNC(=NCc1cc2c(cc1OCC)CC(C)O2)NCCc1cccc(C(=O)NC)c1.I. The highest BCUT2D eigenvalue weighted by molar-refractivity contribution is 14.0. The molecule has 0 bridgehead atoms. The lowest BCUT2D eigenvalue weighted by atomic mass is 10.1. The third-order valence-electron chi connectivity index (χ3n) is 5.25. The van der Waals surface area contributed by atoms with Crippen molar-refractivity contribution in [2.24, 2.45) is 4.99 Å². The Morgan fingerprint density at radius 2 is 2.03 bits per heavy atom. The molecule has 0 spiro atoms. The van der Waals surface area contributed by atoms with E-state index in [2.05, 4.69) is 35.0 Å². The van der Waals surface area contributed by atoms with Gasteiger partial charge in [-0.1, -0.05) is 12.1 Å². The van der Waals surface area contributed by atoms with Crippen molar-refractivity contribution in [2.75, 3.05) is 26.7 Å². The molecule has 1 atom stereocenters. The molecule has 3 N–H and O–H groups in total. The van der Waals surface area contributed by atoms with Crippen molar-refractivity contribution in [3.63, 3.8) is 0 Å². The summed E-state index contributed by atoms with van der Waals surface area (Å²) in [6.07, 6.45) is 1.88. The molecule has 3 rings (SSSR count). The van der Waals surface area contributed by atoms with Gasteiger partial charge >= 0.3 is 0 Å². The Bertz CT molecular complexity index is 965. The fourth-order valence-corrected chi connectivity index (χ4v) is 3.74. The van der Waals surface area contributed by atoms with Gasteiger partial charge in [-0.2, -0.15) is 0 Å². The van der Waals surface area contributed by atoms with Gasteiger partial charge in [-0.15, -0.1) is 24.0 Å². The fourth-order valence-electron chi connectivity index (χ4n) is 3.74. The first-order valence-corrected chi connectivity index (χ1v) is 11.3. The lowest BCUT2D eigenvalue weighted by molar-refractivity contribution is 0.0963. The first kappa shape index (κ1) is 26.8. The summed E-state index contributed by atoms with van der Waals surface area (Å²) in [5.74, 6) is 2.47. The molecule has 2 aromatic carbocycles. The lowest BCUT2D eigenvalue weighted by Gasteiger charge is -2.14. The van der Waals surface area contributed by atoms with Crippen molar-refractivity contribution in [2.45, 2.75) is 46.3 Å². The number of benzene rings is 2. The second kappa shape index (κ2) is 13.3. The zero-order valence-corrected chi connectivity index (χ0v) is 22.2. The largest absolute Gasteiger partial charge is 0.494 e. The van der Waals surface area contributed by atoms with Gasteiger partial charge in [0.15, 0.2) is 5.96 Å². The van der Waals surface area contributed by atoms with Crippen LogP contribution in [0.3, 0.4) is 0 Å². The molecule has 0 radical (unpaired) electrons. The van der Waals surface area contributed by atoms with Gasteiger partial charge in [-0.3, -0.25) is 4.79 Å². The molecule has 7 nitrogen and oxygen atoms in total. The smallest absolute Gasteiger partial charge is 0.251 e. The van der Waals surface area contributed by atoms with Crippen LogP contribution in [-0.2, 0) is 19.4 Å². The Labute approximate surface area is 213 Å². The molecule has 1 aliphatic heterocycles. The Hall–Kier alpha value is -2.49. The highest BCUT2D eigenvalue weighted by atomic mass is 127. The zero-order valence-electron chi connectivity index (χ0n) is 19.9. The minimum absolute atomic E-state index is 0. The van der Waals surface area contributed by atoms with Crippen molar-refractivity contribution < 1.29 is 14.3 Å². The number of rotatable bonds is 9. The molecular formula is C25H35IN4O3. The normalized spacial score (nSPS) is 14.5. The summed E-state index contributed by atoms with van der Waals surface area (Å²) in [7, 11) is 1.64. The number of guanidine groups is 1. The van der Waals surface area contributed by atoms with Gasteiger partial charge in [-0.25, -0.2) is 4.99 Å². The summed E-state index contributed by atoms with van der Waals surface area (Å²) in [6, 6.07) is 11.8. The summed E-state index contributed by atoms with van der Waals surface area (Å²) < 4.78 is 11.8. The summed E-state index contributed by atoms with van der Waals surface area (Å²) in [4.78, 5) is 16.6. The topological polar surface area (TPSA) is 84.0 Å². The number of carbonyl (C=O) groups excluding carboxylic acids is 1. The number of halogens is 1. The minimum Gasteiger partial charge on any atom is -0.494 e. The number of nitrogens with one attached hydrogen (secondary N) is 3. The van der Waals surface area contributed by atoms with Gasteiger partial charge in [0, 0.05) is 43.2 Å². The van der Waals surface area contributed by atoms with E-state index in [9.17, 15) is 4.79 Å². The zero-order chi connectivity index (χ0) is 22.9. The van der Waals surface area contributed by atoms with Gasteiger partial charge in [0.05, 0.1) is 13.2 Å². The number of amides is 1. The van der Waals surface area contributed by atoms with Crippen LogP contribution >= 0.6 is 24.0 Å². The predicted octanol–water partition coefficient (Wildman–Crippen LogP) is 3.68. The highest BCUT2D eigenvalue weighted by Gasteiger charge is 2.21. The molecule has 33 heavy (non-hydrogen) atoms. The molecule has 180 valence electrons. The number of hydrogen-bond donors (Lipinski definition) is 3. The number of nitrogens with zero attached hydrogens (tertiary/aromatic N) is 1. The number of hydrogen-bond acceptors (Lipinski definition) is 4. The van der Waals surface area contributed by atoms with E-state index in [1.54, 1.807) is 7.05 Å². The Kier molecular flexibility index (Phi) is 10.8. The molecule has 0 saturated carbocycles. The molecular weight excluding hydrogens is 531 g/mol. The average molecular weight is 566 g/mol. The second-order valence-corrected chi connectivity index (χ2v) is 7.78. The van der Waals surface area contributed by atoms with E-state index in [-0.39, 0.29) is 36.0 Å². The first-order chi connectivity index (χ1) is 15.5. The van der Waals surface area contributed by atoms with Crippen molar-refractivity contribution in [3.05, 3.63) is 58.7 Å². The molecule has 8 heteroatoms. The average Bonchev–Trinajstić information content (AvgIpc) is 3.16. The standard InChI is InChI=1S/C25H34N4O3.HI/c1-5-27-25(28-11-10-18-8-7-9-19(13-18)24(30)26-4)29-16-21-15-23-20(12-17(3)32-23)14-22(21)31-6-2;/h7-9,13-15,17H,5-6,10-12,16H2,1-4H3,(H,26,30)(H2,27,28,29);1H. The monoisotopic (exact) mass is 566 g/mol. The minimum atomic E-state index is -0.0764. The van der Waals surface area contributed by atoms with Crippen LogP contribution < -0.4 is 25.4 Å². The molecule has 0 fully saturated rings. The van der Waals surface area contributed by atoms with Gasteiger partial charge in [-0.05, 0) is 57.0 Å². The molecule has 1 amide bonds. The Balaban J connectivity index is 0.00000385. The molecule has 0 aromatic heterocycles. The van der Waals surface area contributed by atoms with E-state index in [4.69, 9.17) is 14.5 Å². The van der Waals surface area contributed by atoms with Crippen LogP contribution in [0.5, 0.6) is 11.5 Å². The molecule has 1 unspecified atom stereocenters. The van der Waals surface area contributed by atoms with Crippen LogP contribution in [0, 0.1) is 0 Å². The van der Waals surface area contributed by atoms with E-state index in [0.717, 1.165) is 48.0 Å². The number of ether oxygens (including phenoxy) is 2. The van der Waals surface area contributed by atoms with E-state index in [0.29, 0.717) is 25.3 Å². The van der Waals surface area contributed by atoms with Gasteiger partial charge < -0.3 is 25.4 Å². The second-order valence-electron chi connectivity index (χ2n) is 7.78. The van der Waals surface area contributed by atoms with E-state index in [1.165, 1.54) is 5.56 Å². The highest BCUT2D eigenvalue weighted by Crippen LogP contribution is 2.35. The molecule has 1 heterocycles. The van der Waals surface area contributed by atoms with Gasteiger partial charge in [0.1, 0.15) is 17.6 Å². The summed E-state index contributed by atoms with van der Waals surface area (Å²) in [6.45, 7) is 8.68. The maximum absolute atomic E-state index is 11.8. The number of fused-ring (bicyclic) bond motifs is 1. The number of aliphatic imine (C=N–C) groups is 1. The van der Waals surface area contributed by atoms with Crippen LogP contribution in [-0.4, -0.2) is 44.7 Å². The Morgan fingerprint density at radius 1 is 1.21 bits per heavy atom. The van der Waals surface area contributed by atoms with Gasteiger partial charge in [0.25, 0.3) is 5.91 Å². The van der Waals surface area contributed by atoms with Crippen molar-refractivity contribution >= 4 is 35.8 Å². The number of carbonyl (C=O) groups is 1. The van der Waals surface area contributed by atoms with E-state index < -0.39 is 0 Å². The molecule has 0 saturated heterocycles. The van der Waals surface area contributed by atoms with E-state index in [1.807, 2.05) is 38.1 Å². The van der Waals surface area contributed by atoms with Crippen molar-refractivity contribution in [1.82, 2.24) is 16.0 Å². The van der Waals surface area contributed by atoms with Crippen LogP contribution in [0.2, 0.25) is 0 Å².